The molecule has 0 unspecified atom stereocenters. The highest BCUT2D eigenvalue weighted by Crippen LogP contribution is 2.29. The van der Waals surface area contributed by atoms with E-state index in [4.69, 9.17) is 0 Å². The summed E-state index contributed by atoms with van der Waals surface area (Å²) in [5, 5.41) is 7.78. The molecule has 1 aromatic heterocycles. The molecule has 0 bridgehead atoms. The van der Waals surface area contributed by atoms with E-state index in [2.05, 4.69) is 16.9 Å². The van der Waals surface area contributed by atoms with Crippen LogP contribution < -0.4 is 0 Å². The predicted octanol–water partition coefficient (Wildman–Crippen LogP) is 3.80. The number of aromatic nitrogens is 3. The van der Waals surface area contributed by atoms with Crippen LogP contribution >= 0.6 is 0 Å². The Morgan fingerprint density at radius 3 is 2.52 bits per heavy atom. The van der Waals surface area contributed by atoms with Gasteiger partial charge >= 0.3 is 6.18 Å². The number of carbonyl (C=O) groups is 1. The molecule has 0 radical (unpaired) electrons. The molecule has 0 atom stereocenters. The molecule has 122 valence electrons. The molecule has 2 aromatic rings. The van der Waals surface area contributed by atoms with Crippen LogP contribution in [0, 0.1) is 6.92 Å². The van der Waals surface area contributed by atoms with Gasteiger partial charge in [-0.1, -0.05) is 23.4 Å². The smallest absolute Gasteiger partial charge is 0.292 e. The van der Waals surface area contributed by atoms with Crippen molar-refractivity contribution in [2.45, 2.75) is 32.5 Å². The van der Waals surface area contributed by atoms with Crippen LogP contribution in [0.5, 0.6) is 0 Å². The maximum atomic E-state index is 12.5. The van der Waals surface area contributed by atoms with E-state index < -0.39 is 11.7 Å². The fourth-order valence-electron chi connectivity index (χ4n) is 2.09. The molecule has 0 fully saturated rings. The number of hydrogen-bond acceptors (Lipinski definition) is 3. The lowest BCUT2D eigenvalue weighted by Crippen LogP contribution is -2.08. The van der Waals surface area contributed by atoms with Crippen LogP contribution in [0.4, 0.5) is 13.2 Å². The van der Waals surface area contributed by atoms with E-state index in [1.807, 2.05) is 0 Å². The van der Waals surface area contributed by atoms with Gasteiger partial charge in [-0.15, -0.1) is 11.7 Å². The van der Waals surface area contributed by atoms with E-state index in [0.717, 1.165) is 12.1 Å². The molecule has 0 saturated heterocycles. The van der Waals surface area contributed by atoms with E-state index in [1.54, 1.807) is 13.0 Å². The minimum atomic E-state index is -4.35. The van der Waals surface area contributed by atoms with Gasteiger partial charge in [0.15, 0.2) is 11.5 Å². The topological polar surface area (TPSA) is 47.8 Å². The Balaban J connectivity index is 2.13. The number of nitrogens with zero attached hydrogens (tertiary/aromatic N) is 3. The molecule has 2 rings (SSSR count). The lowest BCUT2D eigenvalue weighted by Gasteiger charge is -2.08. The van der Waals surface area contributed by atoms with Gasteiger partial charge in [-0.05, 0) is 31.0 Å². The molecular formula is C16H16F3N3O. The van der Waals surface area contributed by atoms with Crippen molar-refractivity contribution in [3.05, 3.63) is 59.4 Å². The summed E-state index contributed by atoms with van der Waals surface area (Å²) >= 11 is 0. The monoisotopic (exact) mass is 323 g/mol. The number of carbonyl (C=O) groups excluding carboxylic acids is 1. The van der Waals surface area contributed by atoms with Crippen molar-refractivity contribution in [2.75, 3.05) is 0 Å². The summed E-state index contributed by atoms with van der Waals surface area (Å²) in [5.74, 6) is -0.124. The number of halogens is 3. The summed E-state index contributed by atoms with van der Waals surface area (Å²) in [6.45, 7) is 5.53. The maximum Gasteiger partial charge on any atom is 0.416 e. The van der Waals surface area contributed by atoms with Gasteiger partial charge in [-0.2, -0.15) is 13.2 Å². The number of alkyl halides is 3. The average Bonchev–Trinajstić information content (AvgIpc) is 2.86. The molecule has 1 heterocycles. The number of ketones is 1. The predicted molar refractivity (Wildman–Crippen MR) is 79.1 cm³/mol. The lowest BCUT2D eigenvalue weighted by atomic mass is 10.1. The first kappa shape index (κ1) is 16.9. The van der Waals surface area contributed by atoms with Gasteiger partial charge < -0.3 is 0 Å². The summed E-state index contributed by atoms with van der Waals surface area (Å²) in [6, 6.07) is 4.84. The summed E-state index contributed by atoms with van der Waals surface area (Å²) in [7, 11) is 0. The average molecular weight is 323 g/mol. The van der Waals surface area contributed by atoms with Gasteiger partial charge in [-0.3, -0.25) is 4.79 Å². The van der Waals surface area contributed by atoms with Crippen molar-refractivity contribution >= 4 is 5.78 Å². The fourth-order valence-corrected chi connectivity index (χ4v) is 2.09. The summed E-state index contributed by atoms with van der Waals surface area (Å²) in [5.41, 5.74) is 0.839. The number of hydrogen-bond donors (Lipinski definition) is 0. The maximum absolute atomic E-state index is 12.5. The van der Waals surface area contributed by atoms with E-state index in [9.17, 15) is 18.0 Å². The number of benzene rings is 1. The van der Waals surface area contributed by atoms with Crippen LogP contribution in [0.25, 0.3) is 0 Å². The molecule has 0 spiro atoms. The van der Waals surface area contributed by atoms with Gasteiger partial charge in [0.2, 0.25) is 0 Å². The van der Waals surface area contributed by atoms with Crippen molar-refractivity contribution < 1.29 is 18.0 Å². The van der Waals surface area contributed by atoms with Crippen molar-refractivity contribution in [1.29, 1.82) is 0 Å². The number of allylic oxidation sites excluding steroid dienone is 1. The quantitative estimate of drug-likeness (QED) is 0.600. The zero-order valence-corrected chi connectivity index (χ0v) is 12.6. The van der Waals surface area contributed by atoms with Gasteiger partial charge in [0.1, 0.15) is 0 Å². The highest BCUT2D eigenvalue weighted by molar-refractivity contribution is 5.95. The normalized spacial score (nSPS) is 11.5. The minimum absolute atomic E-state index is 0.124. The lowest BCUT2D eigenvalue weighted by molar-refractivity contribution is -0.137. The van der Waals surface area contributed by atoms with Gasteiger partial charge in [-0.25, -0.2) is 4.68 Å². The SMILES string of the molecule is C=CCCC(=O)c1nnn(Cc2ccc(C(F)(F)F)cc2)c1C. The second kappa shape index (κ2) is 6.76. The molecule has 4 nitrogen and oxygen atoms in total. The summed E-state index contributed by atoms with van der Waals surface area (Å²) < 4.78 is 39.1. The van der Waals surface area contributed by atoms with Crippen LogP contribution in [-0.4, -0.2) is 20.8 Å². The third-order valence-electron chi connectivity index (χ3n) is 3.44. The first-order valence-electron chi connectivity index (χ1n) is 7.03. The Labute approximate surface area is 131 Å². The fraction of sp³-hybridized carbons (Fsp3) is 0.312. The highest BCUT2D eigenvalue weighted by atomic mass is 19.4. The van der Waals surface area contributed by atoms with E-state index >= 15 is 0 Å². The van der Waals surface area contributed by atoms with Crippen LogP contribution in [0.2, 0.25) is 0 Å². The molecule has 0 N–H and O–H groups in total. The van der Waals surface area contributed by atoms with Crippen LogP contribution in [0.15, 0.2) is 36.9 Å². The Morgan fingerprint density at radius 2 is 1.96 bits per heavy atom. The zero-order valence-electron chi connectivity index (χ0n) is 12.6. The molecule has 0 aliphatic carbocycles. The Bertz CT molecular complexity index is 702. The van der Waals surface area contributed by atoms with Crippen molar-refractivity contribution in [3.63, 3.8) is 0 Å². The largest absolute Gasteiger partial charge is 0.416 e. The molecule has 0 aliphatic heterocycles. The second-order valence-corrected chi connectivity index (χ2v) is 5.13. The first-order valence-corrected chi connectivity index (χ1v) is 7.03. The molecule has 0 aliphatic rings. The third kappa shape index (κ3) is 4.06. The molecular weight excluding hydrogens is 307 g/mol. The minimum Gasteiger partial charge on any atom is -0.292 e. The number of Topliss-reactive ketones (excluding diaryl/α,β-unsaturated/α-hetero) is 1. The Morgan fingerprint density at radius 1 is 1.30 bits per heavy atom. The summed E-state index contributed by atoms with van der Waals surface area (Å²) in [4.78, 5) is 12.0. The van der Waals surface area contributed by atoms with Crippen molar-refractivity contribution in [2.24, 2.45) is 0 Å². The molecule has 7 heteroatoms. The van der Waals surface area contributed by atoms with E-state index in [0.29, 0.717) is 29.8 Å². The standard InChI is InChI=1S/C16H16F3N3O/c1-3-4-5-14(23)15-11(2)22(21-20-15)10-12-6-8-13(9-7-12)16(17,18)19/h3,6-9H,1,4-5,10H2,2H3. The van der Waals surface area contributed by atoms with Crippen LogP contribution in [0.1, 0.15) is 40.2 Å². The van der Waals surface area contributed by atoms with Crippen LogP contribution in [-0.2, 0) is 12.7 Å². The van der Waals surface area contributed by atoms with Gasteiger partial charge in [0, 0.05) is 6.42 Å². The summed E-state index contributed by atoms with van der Waals surface area (Å²) in [6.07, 6.45) is -1.83. The van der Waals surface area contributed by atoms with Gasteiger partial charge in [0.05, 0.1) is 17.8 Å². The number of rotatable bonds is 6. The van der Waals surface area contributed by atoms with Gasteiger partial charge in [0.25, 0.3) is 0 Å². The zero-order chi connectivity index (χ0) is 17.0. The van der Waals surface area contributed by atoms with E-state index in [1.165, 1.54) is 16.8 Å². The van der Waals surface area contributed by atoms with Crippen LogP contribution in [0.3, 0.4) is 0 Å². The Hall–Kier alpha value is -2.44. The molecule has 0 saturated carbocycles. The molecule has 0 amide bonds. The molecule has 1 aromatic carbocycles. The van der Waals surface area contributed by atoms with Crippen molar-refractivity contribution in [3.8, 4) is 0 Å². The van der Waals surface area contributed by atoms with Crippen molar-refractivity contribution in [1.82, 2.24) is 15.0 Å². The second-order valence-electron chi connectivity index (χ2n) is 5.13. The first-order chi connectivity index (χ1) is 10.8. The Kier molecular flexibility index (Phi) is 4.98. The molecule has 23 heavy (non-hydrogen) atoms. The van der Waals surface area contributed by atoms with E-state index in [-0.39, 0.29) is 12.3 Å². The highest BCUT2D eigenvalue weighted by Gasteiger charge is 2.29. The third-order valence-corrected chi connectivity index (χ3v) is 3.44.